The zero-order valence-corrected chi connectivity index (χ0v) is 12.0. The van der Waals surface area contributed by atoms with Gasteiger partial charge in [-0.25, -0.2) is 4.98 Å². The lowest BCUT2D eigenvalue weighted by Crippen LogP contribution is -2.32. The summed E-state index contributed by atoms with van der Waals surface area (Å²) < 4.78 is 0.812. The van der Waals surface area contributed by atoms with Gasteiger partial charge < -0.3 is 10.2 Å². The number of carbonyl (C=O) groups is 1. The van der Waals surface area contributed by atoms with Gasteiger partial charge in [-0.1, -0.05) is 6.92 Å². The van der Waals surface area contributed by atoms with Crippen LogP contribution in [-0.4, -0.2) is 35.9 Å². The van der Waals surface area contributed by atoms with E-state index < -0.39 is 0 Å². The van der Waals surface area contributed by atoms with Crippen molar-refractivity contribution in [3.63, 3.8) is 0 Å². The molecule has 0 aliphatic heterocycles. The van der Waals surface area contributed by atoms with Crippen LogP contribution in [0.5, 0.6) is 0 Å². The monoisotopic (exact) mass is 299 g/mol. The lowest BCUT2D eigenvalue weighted by atomic mass is 10.2. The maximum Gasteiger partial charge on any atom is 0.257 e. The van der Waals surface area contributed by atoms with Crippen LogP contribution in [0.1, 0.15) is 30.6 Å². The van der Waals surface area contributed by atoms with Gasteiger partial charge in [-0.2, -0.15) is 0 Å². The number of amides is 1. The Morgan fingerprint density at radius 2 is 2.24 bits per heavy atom. The second kappa shape index (κ2) is 6.59. The van der Waals surface area contributed by atoms with Gasteiger partial charge in [0.15, 0.2) is 0 Å². The third kappa shape index (κ3) is 3.43. The smallest absolute Gasteiger partial charge is 0.257 e. The number of halogens is 1. The molecule has 0 radical (unpaired) electrons. The van der Waals surface area contributed by atoms with Crippen molar-refractivity contribution in [1.29, 1.82) is 0 Å². The summed E-state index contributed by atoms with van der Waals surface area (Å²) in [7, 11) is 1.77. The maximum absolute atomic E-state index is 12.3. The number of pyridine rings is 1. The van der Waals surface area contributed by atoms with Crippen LogP contribution in [0.2, 0.25) is 0 Å². The highest BCUT2D eigenvalue weighted by molar-refractivity contribution is 9.10. The van der Waals surface area contributed by atoms with Crippen LogP contribution in [-0.2, 0) is 0 Å². The first-order chi connectivity index (χ1) is 8.13. The Morgan fingerprint density at radius 1 is 1.53 bits per heavy atom. The predicted octanol–water partition coefficient (Wildman–Crippen LogP) is 2.76. The molecule has 4 nitrogen and oxygen atoms in total. The Hall–Kier alpha value is -1.10. The molecule has 0 saturated heterocycles. The minimum atomic E-state index is 0.0208. The summed E-state index contributed by atoms with van der Waals surface area (Å²) >= 11 is 3.34. The van der Waals surface area contributed by atoms with Gasteiger partial charge in [-0.15, -0.1) is 0 Å². The van der Waals surface area contributed by atoms with Gasteiger partial charge in [0.1, 0.15) is 5.82 Å². The fraction of sp³-hybridized carbons (Fsp3) is 0.500. The largest absolute Gasteiger partial charge is 0.372 e. The van der Waals surface area contributed by atoms with Crippen LogP contribution >= 0.6 is 15.9 Å². The van der Waals surface area contributed by atoms with Crippen LogP contribution < -0.4 is 5.32 Å². The molecular weight excluding hydrogens is 282 g/mol. The number of hydrogen-bond acceptors (Lipinski definition) is 3. The van der Waals surface area contributed by atoms with Crippen LogP contribution in [0, 0.1) is 0 Å². The minimum absolute atomic E-state index is 0.0208. The molecule has 0 aliphatic carbocycles. The molecule has 1 aromatic rings. The molecule has 0 bridgehead atoms. The lowest BCUT2D eigenvalue weighted by Gasteiger charge is -2.21. The van der Waals surface area contributed by atoms with E-state index in [4.69, 9.17) is 0 Å². The number of nitrogens with one attached hydrogen (secondary N) is 1. The summed E-state index contributed by atoms with van der Waals surface area (Å²) in [5.41, 5.74) is 0.608. The number of hydrogen-bond donors (Lipinski definition) is 1. The molecule has 1 amide bonds. The van der Waals surface area contributed by atoms with E-state index in [0.29, 0.717) is 17.9 Å². The summed E-state index contributed by atoms with van der Waals surface area (Å²) in [5.74, 6) is 0.639. The molecule has 94 valence electrons. The summed E-state index contributed by atoms with van der Waals surface area (Å²) in [6.45, 7) is 5.53. The van der Waals surface area contributed by atoms with E-state index in [9.17, 15) is 4.79 Å². The summed E-state index contributed by atoms with van der Waals surface area (Å²) in [6.07, 6.45) is 2.63. The standard InChI is InChI=1S/C12H18BrN3O/c1-4-6-16(5-2)12(17)10-7-9(13)8-15-11(10)14-3/h7-8H,4-6H2,1-3H3,(H,14,15). The highest BCUT2D eigenvalue weighted by atomic mass is 79.9. The molecule has 1 rings (SSSR count). The first kappa shape index (κ1) is 14.0. The molecule has 0 fully saturated rings. The number of nitrogens with zero attached hydrogens (tertiary/aromatic N) is 2. The van der Waals surface area contributed by atoms with E-state index >= 15 is 0 Å². The number of anilines is 1. The SMILES string of the molecule is CCCN(CC)C(=O)c1cc(Br)cnc1NC. The van der Waals surface area contributed by atoms with Crippen molar-refractivity contribution >= 4 is 27.7 Å². The van der Waals surface area contributed by atoms with Crippen molar-refractivity contribution in [1.82, 2.24) is 9.88 Å². The van der Waals surface area contributed by atoms with Crippen LogP contribution in [0.3, 0.4) is 0 Å². The van der Waals surface area contributed by atoms with Crippen molar-refractivity contribution in [2.24, 2.45) is 0 Å². The summed E-state index contributed by atoms with van der Waals surface area (Å²) in [4.78, 5) is 18.3. The van der Waals surface area contributed by atoms with Gasteiger partial charge in [0, 0.05) is 30.8 Å². The van der Waals surface area contributed by atoms with Gasteiger partial charge in [0.05, 0.1) is 5.56 Å². The molecule has 0 saturated carbocycles. The van der Waals surface area contributed by atoms with Gasteiger partial charge in [0.2, 0.25) is 0 Å². The number of rotatable bonds is 5. The number of carbonyl (C=O) groups excluding carboxylic acids is 1. The first-order valence-corrected chi connectivity index (χ1v) is 6.55. The van der Waals surface area contributed by atoms with E-state index in [1.807, 2.05) is 11.8 Å². The molecule has 0 aliphatic rings. The maximum atomic E-state index is 12.3. The van der Waals surface area contributed by atoms with Gasteiger partial charge in [-0.3, -0.25) is 4.79 Å². The normalized spacial score (nSPS) is 10.1. The van der Waals surface area contributed by atoms with Gasteiger partial charge in [-0.05, 0) is 35.3 Å². The van der Waals surface area contributed by atoms with Crippen molar-refractivity contribution in [3.05, 3.63) is 22.3 Å². The van der Waals surface area contributed by atoms with Crippen LogP contribution in [0.25, 0.3) is 0 Å². The predicted molar refractivity (Wildman–Crippen MR) is 73.4 cm³/mol. The van der Waals surface area contributed by atoms with Gasteiger partial charge >= 0.3 is 0 Å². The van der Waals surface area contributed by atoms with E-state index in [-0.39, 0.29) is 5.91 Å². The average Bonchev–Trinajstić information content (AvgIpc) is 2.35. The molecule has 1 heterocycles. The van der Waals surface area contributed by atoms with Crippen molar-refractivity contribution < 1.29 is 4.79 Å². The fourth-order valence-electron chi connectivity index (χ4n) is 1.65. The highest BCUT2D eigenvalue weighted by Crippen LogP contribution is 2.19. The zero-order valence-electron chi connectivity index (χ0n) is 10.5. The Morgan fingerprint density at radius 3 is 2.76 bits per heavy atom. The van der Waals surface area contributed by atoms with Crippen LogP contribution in [0.4, 0.5) is 5.82 Å². The quantitative estimate of drug-likeness (QED) is 0.909. The fourth-order valence-corrected chi connectivity index (χ4v) is 1.98. The van der Waals surface area contributed by atoms with E-state index in [1.165, 1.54) is 0 Å². The van der Waals surface area contributed by atoms with Crippen molar-refractivity contribution in [3.8, 4) is 0 Å². The molecular formula is C12H18BrN3O. The molecule has 0 aromatic carbocycles. The minimum Gasteiger partial charge on any atom is -0.372 e. The van der Waals surface area contributed by atoms with Crippen LogP contribution in [0.15, 0.2) is 16.7 Å². The number of aromatic nitrogens is 1. The average molecular weight is 300 g/mol. The summed E-state index contributed by atoms with van der Waals surface area (Å²) in [5, 5.41) is 2.95. The van der Waals surface area contributed by atoms with Gasteiger partial charge in [0.25, 0.3) is 5.91 Å². The van der Waals surface area contributed by atoms with Crippen molar-refractivity contribution in [2.75, 3.05) is 25.5 Å². The topological polar surface area (TPSA) is 45.2 Å². The Labute approximate surface area is 111 Å². The second-order valence-corrected chi connectivity index (χ2v) is 4.60. The van der Waals surface area contributed by atoms with E-state index in [1.54, 1.807) is 19.3 Å². The Bertz CT molecular complexity index is 395. The van der Waals surface area contributed by atoms with Crippen molar-refractivity contribution in [2.45, 2.75) is 20.3 Å². The third-order valence-electron chi connectivity index (χ3n) is 2.48. The van der Waals surface area contributed by atoms with E-state index in [2.05, 4.69) is 33.2 Å². The molecule has 0 unspecified atom stereocenters. The molecule has 1 N–H and O–H groups in total. The third-order valence-corrected chi connectivity index (χ3v) is 2.92. The lowest BCUT2D eigenvalue weighted by molar-refractivity contribution is 0.0765. The molecule has 1 aromatic heterocycles. The Kier molecular flexibility index (Phi) is 5.41. The Balaban J connectivity index is 3.04. The first-order valence-electron chi connectivity index (χ1n) is 5.76. The molecule has 0 spiro atoms. The molecule has 0 atom stereocenters. The summed E-state index contributed by atoms with van der Waals surface area (Å²) in [6, 6.07) is 1.81. The zero-order chi connectivity index (χ0) is 12.8. The molecule has 17 heavy (non-hydrogen) atoms. The second-order valence-electron chi connectivity index (χ2n) is 3.68. The molecule has 5 heteroatoms. The highest BCUT2D eigenvalue weighted by Gasteiger charge is 2.17. The van der Waals surface area contributed by atoms with E-state index in [0.717, 1.165) is 17.4 Å².